The molecule has 0 fully saturated rings. The first kappa shape index (κ1) is 13.1. The Morgan fingerprint density at radius 2 is 1.89 bits per heavy atom. The molecule has 4 heteroatoms. The fourth-order valence-electron chi connectivity index (χ4n) is 1.93. The van der Waals surface area contributed by atoms with Gasteiger partial charge in [0, 0.05) is 29.1 Å². The molecular weight excluding hydrogens is 314 g/mol. The first-order chi connectivity index (χ1) is 8.75. The van der Waals surface area contributed by atoms with Crippen LogP contribution in [0.5, 0.6) is 5.75 Å². The summed E-state index contributed by atoms with van der Waals surface area (Å²) >= 11 is 8.05. The number of halogens is 2. The smallest absolute Gasteiger partial charge is 0.222 e. The van der Waals surface area contributed by atoms with Crippen molar-refractivity contribution in [3.63, 3.8) is 0 Å². The van der Waals surface area contributed by atoms with Gasteiger partial charge in [0.25, 0.3) is 0 Å². The van der Waals surface area contributed by atoms with Crippen LogP contribution in [-0.2, 0) is 0 Å². The molecule has 0 aliphatic rings. The van der Waals surface area contributed by atoms with Gasteiger partial charge in [0.1, 0.15) is 5.75 Å². The minimum absolute atomic E-state index is 0.308. The maximum absolute atomic E-state index is 9.96. The van der Waals surface area contributed by atoms with E-state index in [0.717, 1.165) is 20.9 Å². The van der Waals surface area contributed by atoms with Crippen LogP contribution in [-0.4, -0.2) is 11.5 Å². The molecule has 0 saturated heterocycles. The first-order valence-corrected chi connectivity index (χ1v) is 6.90. The molecule has 3 aromatic rings. The maximum Gasteiger partial charge on any atom is 0.222 e. The quantitative estimate of drug-likeness (QED) is 0.378. The standard InChI is InChI=1S/C13H8BrNO.CH3Cl/c14-9-4-5-12-11(7-9)13(16)8-10-3-1-2-6-15(10)12;1-2/h1-8H;1H3/p+1. The summed E-state index contributed by atoms with van der Waals surface area (Å²) in [5.41, 5.74) is 1.98. The summed E-state index contributed by atoms with van der Waals surface area (Å²) in [6, 6.07) is 13.6. The molecule has 92 valence electrons. The lowest BCUT2D eigenvalue weighted by atomic mass is 10.2. The molecule has 0 aliphatic heterocycles. The van der Waals surface area contributed by atoms with Crippen LogP contribution in [0.15, 0.2) is 53.1 Å². The molecule has 3 rings (SSSR count). The highest BCUT2D eigenvalue weighted by Crippen LogP contribution is 2.26. The van der Waals surface area contributed by atoms with Crippen molar-refractivity contribution >= 4 is 44.0 Å². The van der Waals surface area contributed by atoms with E-state index in [1.54, 1.807) is 6.07 Å². The molecule has 0 aliphatic carbocycles. The van der Waals surface area contributed by atoms with Crippen molar-refractivity contribution < 1.29 is 9.51 Å². The van der Waals surface area contributed by atoms with Crippen molar-refractivity contribution in [3.05, 3.63) is 53.1 Å². The lowest BCUT2D eigenvalue weighted by molar-refractivity contribution is -0.481. The molecular formula is C14H12BrClNO+. The number of alkyl halides is 1. The average molecular weight is 326 g/mol. The predicted octanol–water partition coefficient (Wildman–Crippen LogP) is 3.90. The van der Waals surface area contributed by atoms with Crippen LogP contribution in [0, 0.1) is 0 Å². The Hall–Kier alpha value is -1.32. The normalized spacial score (nSPS) is 10.2. The summed E-state index contributed by atoms with van der Waals surface area (Å²) in [6.07, 6.45) is 3.46. The monoisotopic (exact) mass is 324 g/mol. The molecule has 0 amide bonds. The van der Waals surface area contributed by atoms with Crippen molar-refractivity contribution in [2.45, 2.75) is 0 Å². The third kappa shape index (κ3) is 2.28. The third-order valence-electron chi connectivity index (χ3n) is 2.67. The number of benzene rings is 1. The Bertz CT molecular complexity index is 700. The van der Waals surface area contributed by atoms with Crippen LogP contribution in [0.2, 0.25) is 0 Å². The molecule has 1 N–H and O–H groups in total. The van der Waals surface area contributed by atoms with E-state index in [1.165, 1.54) is 6.38 Å². The lowest BCUT2D eigenvalue weighted by Gasteiger charge is -2.00. The largest absolute Gasteiger partial charge is 0.507 e. The number of rotatable bonds is 0. The lowest BCUT2D eigenvalue weighted by Crippen LogP contribution is -2.21. The van der Waals surface area contributed by atoms with E-state index >= 15 is 0 Å². The number of nitrogens with zero attached hydrogens (tertiary/aromatic N) is 1. The molecule has 0 radical (unpaired) electrons. The average Bonchev–Trinajstić information content (AvgIpc) is 2.41. The summed E-state index contributed by atoms with van der Waals surface area (Å²) in [6.45, 7) is 0. The number of pyridine rings is 2. The zero-order chi connectivity index (χ0) is 13.1. The Kier molecular flexibility index (Phi) is 4.04. The number of aromatic nitrogens is 1. The maximum atomic E-state index is 9.96. The van der Waals surface area contributed by atoms with Gasteiger partial charge in [-0.25, -0.2) is 0 Å². The van der Waals surface area contributed by atoms with E-state index in [2.05, 4.69) is 31.9 Å². The molecule has 0 atom stereocenters. The molecule has 0 spiro atoms. The fraction of sp³-hybridized carbons (Fsp3) is 0.0714. The minimum atomic E-state index is 0.308. The summed E-state index contributed by atoms with van der Waals surface area (Å²) in [4.78, 5) is 0. The van der Waals surface area contributed by atoms with Crippen LogP contribution in [0.4, 0.5) is 0 Å². The van der Waals surface area contributed by atoms with E-state index in [-0.39, 0.29) is 0 Å². The highest BCUT2D eigenvalue weighted by atomic mass is 79.9. The van der Waals surface area contributed by atoms with Crippen molar-refractivity contribution in [1.29, 1.82) is 0 Å². The Morgan fingerprint density at radius 3 is 2.67 bits per heavy atom. The second-order valence-electron chi connectivity index (χ2n) is 3.69. The van der Waals surface area contributed by atoms with Gasteiger partial charge in [-0.3, -0.25) is 0 Å². The molecule has 0 unspecified atom stereocenters. The Balaban J connectivity index is 0.000000574. The molecule has 1 aromatic carbocycles. The van der Waals surface area contributed by atoms with Gasteiger partial charge in [0.2, 0.25) is 11.0 Å². The van der Waals surface area contributed by atoms with E-state index in [9.17, 15) is 5.11 Å². The molecule has 2 heterocycles. The fourth-order valence-corrected chi connectivity index (χ4v) is 2.30. The summed E-state index contributed by atoms with van der Waals surface area (Å²) in [5, 5.41) is 10.8. The third-order valence-corrected chi connectivity index (χ3v) is 3.16. The van der Waals surface area contributed by atoms with Gasteiger partial charge in [0.15, 0.2) is 6.20 Å². The van der Waals surface area contributed by atoms with Crippen molar-refractivity contribution in [2.24, 2.45) is 0 Å². The van der Waals surface area contributed by atoms with Gasteiger partial charge < -0.3 is 5.11 Å². The number of hydrogen-bond acceptors (Lipinski definition) is 1. The molecule has 18 heavy (non-hydrogen) atoms. The van der Waals surface area contributed by atoms with E-state index in [4.69, 9.17) is 0 Å². The summed E-state index contributed by atoms with van der Waals surface area (Å²) < 4.78 is 3.02. The van der Waals surface area contributed by atoms with Gasteiger partial charge in [-0.15, -0.1) is 11.6 Å². The van der Waals surface area contributed by atoms with Crippen molar-refractivity contribution in [1.82, 2.24) is 0 Å². The van der Waals surface area contributed by atoms with Crippen molar-refractivity contribution in [2.75, 3.05) is 6.38 Å². The van der Waals surface area contributed by atoms with E-state index < -0.39 is 0 Å². The van der Waals surface area contributed by atoms with E-state index in [1.807, 2.05) is 42.6 Å². The SMILES string of the molecule is CCl.Oc1cc2cccc[n+]2c2ccc(Br)cc12. The highest BCUT2D eigenvalue weighted by molar-refractivity contribution is 9.10. The van der Waals surface area contributed by atoms with Crippen LogP contribution in [0.3, 0.4) is 0 Å². The topological polar surface area (TPSA) is 24.3 Å². The van der Waals surface area contributed by atoms with Crippen molar-refractivity contribution in [3.8, 4) is 5.75 Å². The Morgan fingerprint density at radius 1 is 1.11 bits per heavy atom. The van der Waals surface area contributed by atoms with Gasteiger partial charge >= 0.3 is 0 Å². The van der Waals surface area contributed by atoms with Gasteiger partial charge in [-0.05, 0) is 18.2 Å². The highest BCUT2D eigenvalue weighted by Gasteiger charge is 2.12. The second kappa shape index (κ2) is 5.55. The van der Waals surface area contributed by atoms with Crippen LogP contribution in [0.25, 0.3) is 16.4 Å². The minimum Gasteiger partial charge on any atom is -0.507 e. The van der Waals surface area contributed by atoms with Crippen LogP contribution >= 0.6 is 27.5 Å². The van der Waals surface area contributed by atoms with E-state index in [0.29, 0.717) is 5.75 Å². The second-order valence-corrected chi connectivity index (χ2v) is 4.60. The summed E-state index contributed by atoms with van der Waals surface area (Å²) in [5.74, 6) is 0.308. The number of hydrogen-bond donors (Lipinski definition) is 1. The van der Waals surface area contributed by atoms with Gasteiger partial charge in [0.05, 0.1) is 11.5 Å². The predicted molar refractivity (Wildman–Crippen MR) is 78.2 cm³/mol. The van der Waals surface area contributed by atoms with Crippen LogP contribution < -0.4 is 4.40 Å². The molecule has 0 bridgehead atoms. The van der Waals surface area contributed by atoms with Gasteiger partial charge in [-0.1, -0.05) is 15.9 Å². The first-order valence-electron chi connectivity index (χ1n) is 5.35. The Labute approximate surface area is 119 Å². The number of fused-ring (bicyclic) bond motifs is 3. The number of aromatic hydroxyl groups is 1. The summed E-state index contributed by atoms with van der Waals surface area (Å²) in [7, 11) is 0. The van der Waals surface area contributed by atoms with Crippen LogP contribution in [0.1, 0.15) is 0 Å². The molecule has 0 saturated carbocycles. The molecule has 2 nitrogen and oxygen atoms in total. The zero-order valence-electron chi connectivity index (χ0n) is 9.77. The molecule has 2 aromatic heterocycles. The zero-order valence-corrected chi connectivity index (χ0v) is 12.1. The van der Waals surface area contributed by atoms with Gasteiger partial charge in [-0.2, -0.15) is 4.40 Å².